The summed E-state index contributed by atoms with van der Waals surface area (Å²) in [4.78, 5) is 13.5. The molecule has 0 radical (unpaired) electrons. The average molecular weight is 355 g/mol. The van der Waals surface area contributed by atoms with Gasteiger partial charge in [-0.2, -0.15) is 0 Å². The monoisotopic (exact) mass is 353 g/mol. The highest BCUT2D eigenvalue weighted by molar-refractivity contribution is 9.10. The number of rotatable bonds is 2. The van der Waals surface area contributed by atoms with Crippen LogP contribution in [-0.4, -0.2) is 15.0 Å². The summed E-state index contributed by atoms with van der Waals surface area (Å²) < 4.78 is 0.754. The van der Waals surface area contributed by atoms with E-state index < -0.39 is 0 Å². The van der Waals surface area contributed by atoms with E-state index in [-0.39, 0.29) is 5.41 Å². The molecular formula is C15H17BrClN3. The summed E-state index contributed by atoms with van der Waals surface area (Å²) in [5, 5.41) is 0.424. The van der Waals surface area contributed by atoms with Crippen LogP contribution in [0.3, 0.4) is 0 Å². The summed E-state index contributed by atoms with van der Waals surface area (Å²) in [5.41, 5.74) is 2.68. The minimum absolute atomic E-state index is 0.124. The van der Waals surface area contributed by atoms with E-state index in [1.165, 1.54) is 0 Å². The van der Waals surface area contributed by atoms with Gasteiger partial charge in [-0.05, 0) is 34.0 Å². The molecule has 0 aliphatic heterocycles. The molecule has 0 saturated heterocycles. The number of nitrogens with zero attached hydrogens (tertiary/aromatic N) is 3. The topological polar surface area (TPSA) is 38.7 Å². The highest BCUT2D eigenvalue weighted by Crippen LogP contribution is 2.34. The summed E-state index contributed by atoms with van der Waals surface area (Å²) in [6, 6.07) is 3.96. The maximum Gasteiger partial charge on any atom is 0.180 e. The molecule has 0 amide bonds. The Labute approximate surface area is 133 Å². The molecule has 106 valence electrons. The fraction of sp³-hybridized carbons (Fsp3) is 0.400. The van der Waals surface area contributed by atoms with Crippen LogP contribution >= 0.6 is 27.5 Å². The van der Waals surface area contributed by atoms with Gasteiger partial charge in [-0.3, -0.25) is 4.98 Å². The molecule has 20 heavy (non-hydrogen) atoms. The van der Waals surface area contributed by atoms with Crippen molar-refractivity contribution in [2.24, 2.45) is 0 Å². The summed E-state index contributed by atoms with van der Waals surface area (Å²) in [7, 11) is 0. The molecule has 2 aromatic heterocycles. The average Bonchev–Trinajstić information content (AvgIpc) is 2.40. The maximum absolute atomic E-state index is 6.24. The van der Waals surface area contributed by atoms with Gasteiger partial charge in [0.05, 0.1) is 10.2 Å². The Morgan fingerprint density at radius 1 is 1.25 bits per heavy atom. The summed E-state index contributed by atoms with van der Waals surface area (Å²) in [6.07, 6.45) is 2.63. The third kappa shape index (κ3) is 3.01. The zero-order valence-electron chi connectivity index (χ0n) is 12.0. The van der Waals surface area contributed by atoms with E-state index >= 15 is 0 Å². The van der Waals surface area contributed by atoms with E-state index in [0.29, 0.717) is 11.0 Å². The lowest BCUT2D eigenvalue weighted by Crippen LogP contribution is -2.16. The van der Waals surface area contributed by atoms with Gasteiger partial charge in [0.15, 0.2) is 5.82 Å². The van der Waals surface area contributed by atoms with Crippen molar-refractivity contribution >= 4 is 27.5 Å². The van der Waals surface area contributed by atoms with Gasteiger partial charge in [-0.25, -0.2) is 9.97 Å². The summed E-state index contributed by atoms with van der Waals surface area (Å²) in [6.45, 7) is 8.38. The van der Waals surface area contributed by atoms with E-state index in [2.05, 4.69) is 58.6 Å². The van der Waals surface area contributed by atoms with Crippen LogP contribution < -0.4 is 0 Å². The highest BCUT2D eigenvalue weighted by Gasteiger charge is 2.23. The maximum atomic E-state index is 6.24. The van der Waals surface area contributed by atoms with Gasteiger partial charge in [0, 0.05) is 11.6 Å². The van der Waals surface area contributed by atoms with E-state index in [9.17, 15) is 0 Å². The minimum atomic E-state index is -0.124. The molecule has 2 aromatic rings. The van der Waals surface area contributed by atoms with Gasteiger partial charge in [0.1, 0.15) is 10.8 Å². The van der Waals surface area contributed by atoms with Crippen LogP contribution in [0, 0.1) is 0 Å². The third-order valence-electron chi connectivity index (χ3n) is 3.01. The van der Waals surface area contributed by atoms with E-state index in [1.54, 1.807) is 6.20 Å². The normalized spacial score (nSPS) is 11.7. The molecule has 2 heterocycles. The largest absolute Gasteiger partial charge is 0.253 e. The quantitative estimate of drug-likeness (QED) is 0.726. The molecule has 0 aliphatic rings. The van der Waals surface area contributed by atoms with Gasteiger partial charge >= 0.3 is 0 Å². The summed E-state index contributed by atoms with van der Waals surface area (Å²) in [5.74, 6) is 0.584. The lowest BCUT2D eigenvalue weighted by molar-refractivity contribution is 0.564. The Hall–Kier alpha value is -1.00. The van der Waals surface area contributed by atoms with E-state index in [1.807, 2.05) is 12.1 Å². The molecule has 0 aliphatic carbocycles. The number of aryl methyl sites for hydroxylation is 1. The van der Waals surface area contributed by atoms with Gasteiger partial charge in [-0.1, -0.05) is 45.4 Å². The first-order valence-corrected chi connectivity index (χ1v) is 7.69. The van der Waals surface area contributed by atoms with Crippen LogP contribution in [0.15, 0.2) is 22.8 Å². The molecule has 0 fully saturated rings. The SMILES string of the molecule is CCc1cccnc1-c1nc(Cl)c(Br)c(C(C)(C)C)n1. The molecule has 0 atom stereocenters. The van der Waals surface area contributed by atoms with E-state index in [0.717, 1.165) is 27.8 Å². The number of pyridine rings is 1. The van der Waals surface area contributed by atoms with Crippen LogP contribution in [0.4, 0.5) is 0 Å². The number of hydrogen-bond acceptors (Lipinski definition) is 3. The van der Waals surface area contributed by atoms with E-state index in [4.69, 9.17) is 11.6 Å². The standard InChI is InChI=1S/C15H17BrClN3/c1-5-9-7-6-8-18-11(9)14-19-12(15(2,3)4)10(16)13(17)20-14/h6-8H,5H2,1-4H3. The second-order valence-electron chi connectivity index (χ2n) is 5.62. The third-order valence-corrected chi connectivity index (χ3v) is 4.26. The summed E-state index contributed by atoms with van der Waals surface area (Å²) >= 11 is 9.73. The first-order valence-electron chi connectivity index (χ1n) is 6.52. The predicted molar refractivity (Wildman–Crippen MR) is 86.1 cm³/mol. The predicted octanol–water partition coefficient (Wildman–Crippen LogP) is 4.81. The van der Waals surface area contributed by atoms with Crippen molar-refractivity contribution in [1.82, 2.24) is 15.0 Å². The molecule has 0 saturated carbocycles. The van der Waals surface area contributed by atoms with Crippen LogP contribution in [0.2, 0.25) is 5.15 Å². The van der Waals surface area contributed by atoms with Crippen LogP contribution in [0.25, 0.3) is 11.5 Å². The Bertz CT molecular complexity index is 636. The second kappa shape index (κ2) is 5.78. The number of hydrogen-bond donors (Lipinski definition) is 0. The van der Waals surface area contributed by atoms with Crippen molar-refractivity contribution in [2.45, 2.75) is 39.5 Å². The van der Waals surface area contributed by atoms with Crippen molar-refractivity contribution in [3.63, 3.8) is 0 Å². The zero-order chi connectivity index (χ0) is 14.9. The van der Waals surface area contributed by atoms with Crippen molar-refractivity contribution in [3.8, 4) is 11.5 Å². The molecule has 0 unspecified atom stereocenters. The van der Waals surface area contributed by atoms with Gasteiger partial charge < -0.3 is 0 Å². The Morgan fingerprint density at radius 3 is 2.55 bits per heavy atom. The lowest BCUT2D eigenvalue weighted by Gasteiger charge is -2.20. The molecule has 0 bridgehead atoms. The van der Waals surface area contributed by atoms with Crippen molar-refractivity contribution < 1.29 is 0 Å². The molecule has 2 rings (SSSR count). The first kappa shape index (κ1) is 15.4. The Kier molecular flexibility index (Phi) is 4.45. The smallest absolute Gasteiger partial charge is 0.180 e. The van der Waals surface area contributed by atoms with Crippen LogP contribution in [-0.2, 0) is 11.8 Å². The second-order valence-corrected chi connectivity index (χ2v) is 6.77. The molecule has 3 nitrogen and oxygen atoms in total. The molecule has 0 spiro atoms. The van der Waals surface area contributed by atoms with Gasteiger partial charge in [0.25, 0.3) is 0 Å². The Balaban J connectivity index is 2.67. The van der Waals surface area contributed by atoms with Crippen molar-refractivity contribution in [1.29, 1.82) is 0 Å². The fourth-order valence-corrected chi connectivity index (χ4v) is 2.89. The Morgan fingerprint density at radius 2 is 1.95 bits per heavy atom. The molecule has 5 heteroatoms. The molecule has 0 aromatic carbocycles. The van der Waals surface area contributed by atoms with Crippen LogP contribution in [0.5, 0.6) is 0 Å². The zero-order valence-corrected chi connectivity index (χ0v) is 14.4. The van der Waals surface area contributed by atoms with Crippen molar-refractivity contribution in [2.75, 3.05) is 0 Å². The fourth-order valence-electron chi connectivity index (χ4n) is 1.95. The van der Waals surface area contributed by atoms with Crippen molar-refractivity contribution in [3.05, 3.63) is 39.2 Å². The molecular weight excluding hydrogens is 338 g/mol. The number of halogens is 2. The number of aromatic nitrogens is 3. The first-order chi connectivity index (χ1) is 9.34. The molecule has 0 N–H and O–H groups in total. The lowest BCUT2D eigenvalue weighted by atomic mass is 9.92. The van der Waals surface area contributed by atoms with Crippen LogP contribution in [0.1, 0.15) is 39.0 Å². The van der Waals surface area contributed by atoms with Gasteiger partial charge in [0.2, 0.25) is 0 Å². The highest BCUT2D eigenvalue weighted by atomic mass is 79.9. The minimum Gasteiger partial charge on any atom is -0.253 e. The van der Waals surface area contributed by atoms with Gasteiger partial charge in [-0.15, -0.1) is 0 Å².